The van der Waals surface area contributed by atoms with E-state index in [1.165, 1.54) is 0 Å². The van der Waals surface area contributed by atoms with Crippen LogP contribution in [0.2, 0.25) is 0 Å². The third kappa shape index (κ3) is 3.46. The first-order chi connectivity index (χ1) is 16.6. The number of fused-ring (bicyclic) bond motifs is 1. The Kier molecular flexibility index (Phi) is 5.65. The van der Waals surface area contributed by atoms with E-state index in [-0.39, 0.29) is 5.97 Å². The van der Waals surface area contributed by atoms with Crippen LogP contribution in [0.25, 0.3) is 22.7 Å². The largest absolute Gasteiger partial charge is 0.496 e. The van der Waals surface area contributed by atoms with Crippen molar-refractivity contribution in [2.24, 2.45) is 0 Å². The molecule has 0 amide bonds. The van der Waals surface area contributed by atoms with Gasteiger partial charge in [0.25, 0.3) is 0 Å². The number of benzene rings is 2. The zero-order chi connectivity index (χ0) is 23.7. The molecule has 0 N–H and O–H groups in total. The zero-order valence-electron chi connectivity index (χ0n) is 19.4. The van der Waals surface area contributed by atoms with E-state index in [1.54, 1.807) is 20.2 Å². The van der Waals surface area contributed by atoms with Gasteiger partial charge in [-0.3, -0.25) is 4.79 Å². The van der Waals surface area contributed by atoms with Gasteiger partial charge >= 0.3 is 5.97 Å². The van der Waals surface area contributed by atoms with Crippen LogP contribution in [0.4, 0.5) is 0 Å². The Hall–Kier alpha value is -3.94. The number of carbonyl (C=O) groups is 1. The van der Waals surface area contributed by atoms with Crippen molar-refractivity contribution in [2.75, 3.05) is 13.7 Å². The number of carbonyl (C=O) groups excluding carboxylic acids is 1. The summed E-state index contributed by atoms with van der Waals surface area (Å²) < 4.78 is 18.9. The smallest absolute Gasteiger partial charge is 0.324 e. The molecule has 0 radical (unpaired) electrons. The number of rotatable bonds is 6. The molecule has 2 aromatic heterocycles. The normalized spacial score (nSPS) is 17.3. The molecule has 8 heteroatoms. The monoisotopic (exact) mass is 458 g/mol. The molecule has 5 rings (SSSR count). The first-order valence-corrected chi connectivity index (χ1v) is 11.4. The van der Waals surface area contributed by atoms with E-state index in [1.807, 2.05) is 60.0 Å². The van der Waals surface area contributed by atoms with Gasteiger partial charge in [-0.05, 0) is 37.5 Å². The second kappa shape index (κ2) is 8.78. The lowest BCUT2D eigenvalue weighted by atomic mass is 9.74. The van der Waals surface area contributed by atoms with Gasteiger partial charge in [-0.15, -0.1) is 10.2 Å². The van der Waals surface area contributed by atoms with Crippen molar-refractivity contribution in [2.45, 2.75) is 38.6 Å². The highest BCUT2D eigenvalue weighted by molar-refractivity contribution is 5.87. The van der Waals surface area contributed by atoms with Crippen LogP contribution >= 0.6 is 0 Å². The minimum absolute atomic E-state index is 0.297. The molecule has 0 saturated carbocycles. The van der Waals surface area contributed by atoms with E-state index in [0.717, 1.165) is 23.1 Å². The van der Waals surface area contributed by atoms with Crippen LogP contribution in [0.15, 0.2) is 59.1 Å². The van der Waals surface area contributed by atoms with E-state index in [2.05, 4.69) is 15.2 Å². The summed E-state index contributed by atoms with van der Waals surface area (Å²) in [7, 11) is 1.62. The van der Waals surface area contributed by atoms with Gasteiger partial charge in [0.1, 0.15) is 5.75 Å². The quantitative estimate of drug-likeness (QED) is 0.391. The minimum Gasteiger partial charge on any atom is -0.496 e. The number of nitrogens with zero attached hydrogens (tertiary/aromatic N) is 4. The van der Waals surface area contributed by atoms with Crippen molar-refractivity contribution in [3.05, 3.63) is 72.0 Å². The molecular formula is C26H26N4O4. The molecule has 1 unspecified atom stereocenters. The maximum Gasteiger partial charge on any atom is 0.324 e. The average Bonchev–Trinajstić information content (AvgIpc) is 3.50. The Morgan fingerprint density at radius 2 is 2.00 bits per heavy atom. The minimum atomic E-state index is -0.998. The van der Waals surface area contributed by atoms with Crippen LogP contribution in [0.1, 0.15) is 37.0 Å². The number of aryl methyl sites for hydroxylation is 1. The fraction of sp³-hybridized carbons (Fsp3) is 0.308. The molecule has 2 aromatic carbocycles. The highest BCUT2D eigenvalue weighted by atomic mass is 16.5. The Balaban J connectivity index is 1.63. The van der Waals surface area contributed by atoms with Gasteiger partial charge in [-0.2, -0.15) is 0 Å². The SMILES string of the molecule is CCOC(=O)C1(c2ccccc2)CCCn2c(-c3ccc(-c4cnc(C)o4)c(OC)c3)nnc21. The third-order valence-corrected chi connectivity index (χ3v) is 6.30. The molecule has 0 aliphatic carbocycles. The lowest BCUT2D eigenvalue weighted by Gasteiger charge is -2.35. The summed E-state index contributed by atoms with van der Waals surface area (Å²) in [5.74, 6) is 2.85. The van der Waals surface area contributed by atoms with Gasteiger partial charge in [0.2, 0.25) is 0 Å². The number of oxazole rings is 1. The van der Waals surface area contributed by atoms with Crippen molar-refractivity contribution in [1.82, 2.24) is 19.7 Å². The maximum atomic E-state index is 13.4. The zero-order valence-corrected chi connectivity index (χ0v) is 19.4. The molecule has 0 bridgehead atoms. The van der Waals surface area contributed by atoms with Crippen molar-refractivity contribution >= 4 is 5.97 Å². The van der Waals surface area contributed by atoms with Crippen LogP contribution in [-0.2, 0) is 21.5 Å². The van der Waals surface area contributed by atoms with Crippen molar-refractivity contribution in [3.8, 4) is 28.5 Å². The van der Waals surface area contributed by atoms with Crippen LogP contribution in [0.3, 0.4) is 0 Å². The van der Waals surface area contributed by atoms with E-state index < -0.39 is 5.41 Å². The fourth-order valence-corrected chi connectivity index (χ4v) is 4.74. The molecule has 4 aromatic rings. The lowest BCUT2D eigenvalue weighted by molar-refractivity contribution is -0.149. The summed E-state index contributed by atoms with van der Waals surface area (Å²) in [6.07, 6.45) is 3.08. The van der Waals surface area contributed by atoms with E-state index >= 15 is 0 Å². The van der Waals surface area contributed by atoms with Crippen LogP contribution in [0, 0.1) is 6.92 Å². The number of hydrogen-bond donors (Lipinski definition) is 0. The molecule has 0 fully saturated rings. The van der Waals surface area contributed by atoms with Crippen LogP contribution < -0.4 is 4.74 Å². The van der Waals surface area contributed by atoms with Gasteiger partial charge < -0.3 is 18.5 Å². The fourth-order valence-electron chi connectivity index (χ4n) is 4.74. The predicted octanol–water partition coefficient (Wildman–Crippen LogP) is 4.56. The number of methoxy groups -OCH3 is 1. The second-order valence-electron chi connectivity index (χ2n) is 8.25. The van der Waals surface area contributed by atoms with Gasteiger partial charge in [0, 0.05) is 19.0 Å². The Morgan fingerprint density at radius 3 is 2.71 bits per heavy atom. The summed E-state index contributed by atoms with van der Waals surface area (Å²) in [4.78, 5) is 17.6. The molecule has 1 atom stereocenters. The maximum absolute atomic E-state index is 13.4. The van der Waals surface area contributed by atoms with Gasteiger partial charge in [0.15, 0.2) is 28.7 Å². The molecule has 34 heavy (non-hydrogen) atoms. The number of ether oxygens (including phenoxy) is 2. The molecule has 0 spiro atoms. The average molecular weight is 459 g/mol. The molecule has 174 valence electrons. The Labute approximate surface area is 197 Å². The topological polar surface area (TPSA) is 92.3 Å². The van der Waals surface area contributed by atoms with Crippen LogP contribution in [0.5, 0.6) is 5.75 Å². The van der Waals surface area contributed by atoms with Crippen molar-refractivity contribution in [1.29, 1.82) is 0 Å². The van der Waals surface area contributed by atoms with Gasteiger partial charge in [-0.25, -0.2) is 4.98 Å². The van der Waals surface area contributed by atoms with Gasteiger partial charge in [0.05, 0.1) is 25.5 Å². The summed E-state index contributed by atoms with van der Waals surface area (Å²) in [5, 5.41) is 9.08. The van der Waals surface area contributed by atoms with Crippen molar-refractivity contribution in [3.63, 3.8) is 0 Å². The molecule has 0 saturated heterocycles. The summed E-state index contributed by atoms with van der Waals surface area (Å²) in [6, 6.07) is 15.5. The summed E-state index contributed by atoms with van der Waals surface area (Å²) >= 11 is 0. The van der Waals surface area contributed by atoms with Crippen molar-refractivity contribution < 1.29 is 18.7 Å². The first-order valence-electron chi connectivity index (χ1n) is 11.4. The molecule has 8 nitrogen and oxygen atoms in total. The van der Waals surface area contributed by atoms with Gasteiger partial charge in [-0.1, -0.05) is 36.4 Å². The molecule has 1 aliphatic heterocycles. The second-order valence-corrected chi connectivity index (χ2v) is 8.25. The van der Waals surface area contributed by atoms with Crippen LogP contribution in [-0.4, -0.2) is 39.4 Å². The highest BCUT2D eigenvalue weighted by Gasteiger charge is 2.49. The predicted molar refractivity (Wildman–Crippen MR) is 125 cm³/mol. The molecular weight excluding hydrogens is 432 g/mol. The number of esters is 1. The van der Waals surface area contributed by atoms with E-state index in [0.29, 0.717) is 48.6 Å². The Morgan fingerprint density at radius 1 is 1.18 bits per heavy atom. The number of hydrogen-bond acceptors (Lipinski definition) is 7. The molecule has 3 heterocycles. The first kappa shape index (κ1) is 21.9. The highest BCUT2D eigenvalue weighted by Crippen LogP contribution is 2.42. The molecule has 1 aliphatic rings. The third-order valence-electron chi connectivity index (χ3n) is 6.30. The standard InChI is InChI=1S/C26H26N4O4/c1-4-33-25(31)26(19-9-6-5-7-10-19)13-8-14-30-23(28-29-24(26)30)18-11-12-20(21(15-18)32-3)22-16-27-17(2)34-22/h5-7,9-12,15-16H,4,8,13-14H2,1-3H3. The lowest BCUT2D eigenvalue weighted by Crippen LogP contribution is -2.44. The summed E-state index contributed by atoms with van der Waals surface area (Å²) in [5.41, 5.74) is 1.50. The van der Waals surface area contributed by atoms with E-state index in [9.17, 15) is 4.79 Å². The number of aromatic nitrogens is 4. The summed E-state index contributed by atoms with van der Waals surface area (Å²) in [6.45, 7) is 4.63. The van der Waals surface area contributed by atoms with E-state index in [4.69, 9.17) is 13.9 Å². The Bertz CT molecular complexity index is 1330.